The molecule has 4 heteroatoms. The Morgan fingerprint density at radius 1 is 1.40 bits per heavy atom. The van der Waals surface area contributed by atoms with Crippen molar-refractivity contribution >= 4 is 6.09 Å². The third kappa shape index (κ3) is 3.73. The van der Waals surface area contributed by atoms with Crippen molar-refractivity contribution in [3.8, 4) is 0 Å². The van der Waals surface area contributed by atoms with Gasteiger partial charge in [0.1, 0.15) is 6.61 Å². The fraction of sp³-hybridized carbons (Fsp3) is 0.562. The van der Waals surface area contributed by atoms with E-state index in [2.05, 4.69) is 0 Å². The van der Waals surface area contributed by atoms with Crippen molar-refractivity contribution in [2.75, 3.05) is 6.54 Å². The first-order valence-electron chi connectivity index (χ1n) is 7.37. The first kappa shape index (κ1) is 14.9. The van der Waals surface area contributed by atoms with E-state index in [-0.39, 0.29) is 18.7 Å². The summed E-state index contributed by atoms with van der Waals surface area (Å²) in [4.78, 5) is 13.9. The number of carbonyl (C=O) groups is 1. The zero-order chi connectivity index (χ0) is 14.4. The van der Waals surface area contributed by atoms with Crippen LogP contribution in [-0.2, 0) is 11.3 Å². The van der Waals surface area contributed by atoms with Crippen molar-refractivity contribution in [2.24, 2.45) is 0 Å². The van der Waals surface area contributed by atoms with Gasteiger partial charge in [-0.1, -0.05) is 37.3 Å². The summed E-state index contributed by atoms with van der Waals surface area (Å²) < 4.78 is 5.37. The molecule has 1 aliphatic rings. The third-order valence-corrected chi connectivity index (χ3v) is 3.85. The average Bonchev–Trinajstić information content (AvgIpc) is 2.52. The number of aliphatic hydroxyl groups is 1. The number of carbonyl (C=O) groups excluding carboxylic acids is 1. The molecule has 0 unspecified atom stereocenters. The molecule has 1 fully saturated rings. The van der Waals surface area contributed by atoms with Crippen LogP contribution in [0.3, 0.4) is 0 Å². The minimum absolute atomic E-state index is 0.1000. The molecule has 4 nitrogen and oxygen atoms in total. The zero-order valence-corrected chi connectivity index (χ0v) is 12.0. The Morgan fingerprint density at radius 3 is 2.85 bits per heavy atom. The summed E-state index contributed by atoms with van der Waals surface area (Å²) in [5.41, 5.74) is 0.977. The van der Waals surface area contributed by atoms with E-state index in [9.17, 15) is 9.90 Å². The van der Waals surface area contributed by atoms with Gasteiger partial charge in [-0.05, 0) is 31.2 Å². The molecule has 1 aromatic carbocycles. The van der Waals surface area contributed by atoms with Crippen molar-refractivity contribution in [1.82, 2.24) is 4.90 Å². The normalized spacial score (nSPS) is 20.5. The number of amides is 1. The van der Waals surface area contributed by atoms with E-state index in [0.29, 0.717) is 13.0 Å². The lowest BCUT2D eigenvalue weighted by Gasteiger charge is -2.37. The predicted molar refractivity (Wildman–Crippen MR) is 77.3 cm³/mol. The van der Waals surface area contributed by atoms with E-state index in [1.165, 1.54) is 0 Å². The molecular weight excluding hydrogens is 254 g/mol. The molecule has 0 saturated carbocycles. The van der Waals surface area contributed by atoms with Gasteiger partial charge in [-0.2, -0.15) is 0 Å². The van der Waals surface area contributed by atoms with Crippen molar-refractivity contribution in [3.05, 3.63) is 35.9 Å². The lowest BCUT2D eigenvalue weighted by atomic mass is 9.96. The number of rotatable bonds is 4. The van der Waals surface area contributed by atoms with Gasteiger partial charge in [0, 0.05) is 6.54 Å². The summed E-state index contributed by atoms with van der Waals surface area (Å²) in [5, 5.41) is 10.0. The quantitative estimate of drug-likeness (QED) is 0.920. The van der Waals surface area contributed by atoms with Crippen molar-refractivity contribution in [1.29, 1.82) is 0 Å². The summed E-state index contributed by atoms with van der Waals surface area (Å²) >= 11 is 0. The number of nitrogens with zero attached hydrogens (tertiary/aromatic N) is 1. The maximum atomic E-state index is 12.2. The second kappa shape index (κ2) is 7.29. The van der Waals surface area contributed by atoms with Gasteiger partial charge in [0.05, 0.1) is 12.1 Å². The summed E-state index contributed by atoms with van der Waals surface area (Å²) in [7, 11) is 0. The number of hydrogen-bond donors (Lipinski definition) is 1. The van der Waals surface area contributed by atoms with Crippen molar-refractivity contribution in [3.63, 3.8) is 0 Å². The molecule has 2 atom stereocenters. The van der Waals surface area contributed by atoms with E-state index in [4.69, 9.17) is 4.74 Å². The number of benzene rings is 1. The van der Waals surface area contributed by atoms with Crippen LogP contribution in [-0.4, -0.2) is 34.8 Å². The summed E-state index contributed by atoms with van der Waals surface area (Å²) in [6.07, 6.45) is 2.78. The van der Waals surface area contributed by atoms with Gasteiger partial charge in [-0.25, -0.2) is 4.79 Å². The maximum absolute atomic E-state index is 12.2. The minimum Gasteiger partial charge on any atom is -0.445 e. The molecule has 0 aromatic heterocycles. The highest BCUT2D eigenvalue weighted by molar-refractivity contribution is 5.68. The van der Waals surface area contributed by atoms with Crippen molar-refractivity contribution < 1.29 is 14.6 Å². The Bertz CT molecular complexity index is 421. The summed E-state index contributed by atoms with van der Waals surface area (Å²) in [6, 6.07) is 9.55. The van der Waals surface area contributed by atoms with Gasteiger partial charge in [-0.15, -0.1) is 0 Å². The molecule has 0 radical (unpaired) electrons. The first-order valence-corrected chi connectivity index (χ1v) is 7.37. The molecular formula is C16H23NO3. The van der Waals surface area contributed by atoms with Crippen LogP contribution in [0.2, 0.25) is 0 Å². The first-order chi connectivity index (χ1) is 9.72. The number of likely N-dealkylation sites (tertiary alicyclic amines) is 1. The minimum atomic E-state index is -0.459. The number of aliphatic hydroxyl groups excluding tert-OH is 1. The Morgan fingerprint density at radius 2 is 2.15 bits per heavy atom. The molecule has 2 rings (SSSR count). The van der Waals surface area contributed by atoms with Gasteiger partial charge in [0.15, 0.2) is 0 Å². The van der Waals surface area contributed by atoms with E-state index in [1.807, 2.05) is 37.3 Å². The SMILES string of the molecule is CC[C@@H](O)[C@@H]1CCCCN1C(=O)OCc1ccccc1. The van der Waals surface area contributed by atoms with Gasteiger partial charge >= 0.3 is 6.09 Å². The van der Waals surface area contributed by atoms with Gasteiger partial charge in [0.2, 0.25) is 0 Å². The van der Waals surface area contributed by atoms with Gasteiger partial charge in [0.25, 0.3) is 0 Å². The molecule has 20 heavy (non-hydrogen) atoms. The smallest absolute Gasteiger partial charge is 0.410 e. The second-order valence-corrected chi connectivity index (χ2v) is 5.27. The molecule has 0 aliphatic carbocycles. The third-order valence-electron chi connectivity index (χ3n) is 3.85. The number of piperidine rings is 1. The Balaban J connectivity index is 1.92. The second-order valence-electron chi connectivity index (χ2n) is 5.27. The van der Waals surface area contributed by atoms with Crippen LogP contribution in [0.1, 0.15) is 38.2 Å². The lowest BCUT2D eigenvalue weighted by Crippen LogP contribution is -2.49. The molecule has 1 heterocycles. The topological polar surface area (TPSA) is 49.8 Å². The molecule has 1 aromatic rings. The highest BCUT2D eigenvalue weighted by Crippen LogP contribution is 2.22. The van der Waals surface area contributed by atoms with Crippen LogP contribution in [0.4, 0.5) is 4.79 Å². The molecule has 1 amide bonds. The predicted octanol–water partition coefficient (Wildman–Crippen LogP) is 2.95. The molecule has 1 saturated heterocycles. The maximum Gasteiger partial charge on any atom is 0.410 e. The summed E-state index contributed by atoms with van der Waals surface area (Å²) in [6.45, 7) is 2.90. The number of hydrogen-bond acceptors (Lipinski definition) is 3. The van der Waals surface area contributed by atoms with E-state index in [0.717, 1.165) is 24.8 Å². The van der Waals surface area contributed by atoms with Crippen LogP contribution in [0.5, 0.6) is 0 Å². The van der Waals surface area contributed by atoms with E-state index in [1.54, 1.807) is 4.90 Å². The molecule has 1 N–H and O–H groups in total. The molecule has 1 aliphatic heterocycles. The van der Waals surface area contributed by atoms with Crippen LogP contribution < -0.4 is 0 Å². The Kier molecular flexibility index (Phi) is 5.41. The fourth-order valence-corrected chi connectivity index (χ4v) is 2.66. The monoisotopic (exact) mass is 277 g/mol. The van der Waals surface area contributed by atoms with Crippen LogP contribution in [0.15, 0.2) is 30.3 Å². The van der Waals surface area contributed by atoms with Crippen LogP contribution >= 0.6 is 0 Å². The fourth-order valence-electron chi connectivity index (χ4n) is 2.66. The Labute approximate surface area is 120 Å². The zero-order valence-electron chi connectivity index (χ0n) is 12.0. The van der Waals surface area contributed by atoms with E-state index < -0.39 is 6.10 Å². The highest BCUT2D eigenvalue weighted by atomic mass is 16.6. The largest absolute Gasteiger partial charge is 0.445 e. The Hall–Kier alpha value is -1.55. The molecule has 0 bridgehead atoms. The standard InChI is InChI=1S/C16H23NO3/c1-2-15(18)14-10-6-7-11-17(14)16(19)20-12-13-8-4-3-5-9-13/h3-5,8-9,14-15,18H,2,6-7,10-12H2,1H3/t14-,15+/m0/s1. The van der Waals surface area contributed by atoms with E-state index >= 15 is 0 Å². The number of ether oxygens (including phenoxy) is 1. The van der Waals surface area contributed by atoms with Crippen LogP contribution in [0.25, 0.3) is 0 Å². The van der Waals surface area contributed by atoms with Crippen molar-refractivity contribution in [2.45, 2.75) is 51.4 Å². The molecule has 110 valence electrons. The van der Waals surface area contributed by atoms with Gasteiger partial charge < -0.3 is 14.7 Å². The summed E-state index contributed by atoms with van der Waals surface area (Å²) in [5.74, 6) is 0. The lowest BCUT2D eigenvalue weighted by molar-refractivity contribution is 0.0131. The average molecular weight is 277 g/mol. The molecule has 0 spiro atoms. The van der Waals surface area contributed by atoms with Gasteiger partial charge in [-0.3, -0.25) is 0 Å². The highest BCUT2D eigenvalue weighted by Gasteiger charge is 2.32. The van der Waals surface area contributed by atoms with Crippen LogP contribution in [0, 0.1) is 0 Å².